The third-order valence-corrected chi connectivity index (χ3v) is 6.21. The Bertz CT molecular complexity index is 1040. The molecule has 1 saturated heterocycles. The number of benzene rings is 1. The number of aromatic nitrogens is 3. The van der Waals surface area contributed by atoms with E-state index in [1.165, 1.54) is 23.5 Å². The fourth-order valence-corrected chi connectivity index (χ4v) is 4.75. The molecule has 0 unspecified atom stereocenters. The summed E-state index contributed by atoms with van der Waals surface area (Å²) in [5, 5.41) is 10.3. The standard InChI is InChI=1S/C20H17FN4OS/c21-15-1-3-16(4-2-15)25-17-9-14-5-6-22-12-20(14,10-13(17)11-24-25)18(26)19-23-7-8-27-19/h1-4,7-9,11,22H,5-6,10,12H2/t20-/m0/s1. The second kappa shape index (κ2) is 6.21. The van der Waals surface area contributed by atoms with Gasteiger partial charge in [0.05, 0.1) is 23.0 Å². The largest absolute Gasteiger partial charge is 0.315 e. The van der Waals surface area contributed by atoms with Crippen LogP contribution in [0.1, 0.15) is 27.5 Å². The number of thiazole rings is 1. The van der Waals surface area contributed by atoms with E-state index >= 15 is 0 Å². The first-order valence-electron chi connectivity index (χ1n) is 8.86. The molecule has 1 N–H and O–H groups in total. The first-order chi connectivity index (χ1) is 13.2. The van der Waals surface area contributed by atoms with Gasteiger partial charge in [-0.3, -0.25) is 4.79 Å². The van der Waals surface area contributed by atoms with Crippen molar-refractivity contribution in [1.82, 2.24) is 20.1 Å². The molecule has 2 aliphatic rings. The highest BCUT2D eigenvalue weighted by Gasteiger charge is 2.47. The molecular formula is C20H17FN4OS. The number of rotatable bonds is 3. The summed E-state index contributed by atoms with van der Waals surface area (Å²) in [7, 11) is 0. The molecule has 0 bridgehead atoms. The molecule has 0 spiro atoms. The van der Waals surface area contributed by atoms with Crippen LogP contribution in [0.25, 0.3) is 11.8 Å². The Morgan fingerprint density at radius 1 is 1.30 bits per heavy atom. The van der Waals surface area contributed by atoms with Crippen molar-refractivity contribution < 1.29 is 9.18 Å². The highest BCUT2D eigenvalue weighted by Crippen LogP contribution is 2.44. The molecule has 27 heavy (non-hydrogen) atoms. The minimum Gasteiger partial charge on any atom is -0.315 e. The lowest BCUT2D eigenvalue weighted by Crippen LogP contribution is -2.49. The van der Waals surface area contributed by atoms with Crippen molar-refractivity contribution in [3.63, 3.8) is 0 Å². The van der Waals surface area contributed by atoms with Crippen LogP contribution in [0.15, 0.2) is 47.6 Å². The highest BCUT2D eigenvalue weighted by atomic mass is 32.1. The van der Waals surface area contributed by atoms with Gasteiger partial charge in [0, 0.05) is 18.1 Å². The number of carbonyl (C=O) groups excluding carboxylic acids is 1. The van der Waals surface area contributed by atoms with Gasteiger partial charge < -0.3 is 5.32 Å². The van der Waals surface area contributed by atoms with E-state index in [1.807, 2.05) is 16.3 Å². The molecule has 7 heteroatoms. The van der Waals surface area contributed by atoms with Crippen LogP contribution in [-0.2, 0) is 6.42 Å². The Kier molecular flexibility index (Phi) is 3.80. The maximum atomic E-state index is 13.3. The topological polar surface area (TPSA) is 59.8 Å². The molecule has 1 fully saturated rings. The Hall–Kier alpha value is -2.64. The Balaban J connectivity index is 1.61. The molecule has 3 aromatic rings. The zero-order valence-corrected chi connectivity index (χ0v) is 15.3. The molecular weight excluding hydrogens is 363 g/mol. The molecule has 136 valence electrons. The number of piperidine rings is 1. The third kappa shape index (κ3) is 2.57. The average Bonchev–Trinajstić information content (AvgIpc) is 3.36. The first kappa shape index (κ1) is 16.5. The molecule has 0 amide bonds. The van der Waals surface area contributed by atoms with Crippen molar-refractivity contribution in [2.45, 2.75) is 12.8 Å². The number of Topliss-reactive ketones (excluding diaryl/α,β-unsaturated/α-hetero) is 1. The van der Waals surface area contributed by atoms with Gasteiger partial charge in [-0.1, -0.05) is 5.57 Å². The van der Waals surface area contributed by atoms with Crippen molar-refractivity contribution >= 4 is 23.2 Å². The number of nitrogens with one attached hydrogen (secondary N) is 1. The summed E-state index contributed by atoms with van der Waals surface area (Å²) in [5.74, 6) is -0.194. The molecule has 2 aromatic heterocycles. The van der Waals surface area contributed by atoms with Crippen LogP contribution in [0.5, 0.6) is 0 Å². The summed E-state index contributed by atoms with van der Waals surface area (Å²) in [4.78, 5) is 17.6. The second-order valence-electron chi connectivity index (χ2n) is 6.96. The van der Waals surface area contributed by atoms with E-state index in [-0.39, 0.29) is 11.6 Å². The maximum Gasteiger partial charge on any atom is 0.203 e. The molecule has 5 rings (SSSR count). The monoisotopic (exact) mass is 380 g/mol. The quantitative estimate of drug-likeness (QED) is 0.709. The van der Waals surface area contributed by atoms with E-state index in [0.29, 0.717) is 18.0 Å². The predicted molar refractivity (Wildman–Crippen MR) is 102 cm³/mol. The van der Waals surface area contributed by atoms with E-state index in [0.717, 1.165) is 35.5 Å². The Labute approximate surface area is 159 Å². The fraction of sp³-hybridized carbons (Fsp3) is 0.250. The third-order valence-electron chi connectivity index (χ3n) is 5.43. The average molecular weight is 380 g/mol. The van der Waals surface area contributed by atoms with Gasteiger partial charge in [0.25, 0.3) is 0 Å². The molecule has 1 aliphatic carbocycles. The highest BCUT2D eigenvalue weighted by molar-refractivity contribution is 7.11. The lowest BCUT2D eigenvalue weighted by atomic mass is 9.66. The zero-order valence-electron chi connectivity index (χ0n) is 14.5. The van der Waals surface area contributed by atoms with Gasteiger partial charge in [0.15, 0.2) is 5.01 Å². The Morgan fingerprint density at radius 2 is 2.15 bits per heavy atom. The van der Waals surface area contributed by atoms with Crippen LogP contribution in [0.3, 0.4) is 0 Å². The van der Waals surface area contributed by atoms with Crippen molar-refractivity contribution in [2.24, 2.45) is 5.41 Å². The van der Waals surface area contributed by atoms with Crippen LogP contribution >= 0.6 is 11.3 Å². The molecule has 1 atom stereocenters. The van der Waals surface area contributed by atoms with Gasteiger partial charge in [0.2, 0.25) is 5.78 Å². The van der Waals surface area contributed by atoms with Crippen molar-refractivity contribution in [2.75, 3.05) is 13.1 Å². The summed E-state index contributed by atoms with van der Waals surface area (Å²) < 4.78 is 15.1. The van der Waals surface area contributed by atoms with Crippen LogP contribution in [0.2, 0.25) is 0 Å². The lowest BCUT2D eigenvalue weighted by Gasteiger charge is -2.40. The normalized spacial score (nSPS) is 21.3. The van der Waals surface area contributed by atoms with Crippen LogP contribution in [0.4, 0.5) is 4.39 Å². The number of hydrogen-bond acceptors (Lipinski definition) is 5. The summed E-state index contributed by atoms with van der Waals surface area (Å²) in [6.45, 7) is 1.46. The second-order valence-corrected chi connectivity index (χ2v) is 7.86. The molecule has 1 aromatic carbocycles. The number of carbonyl (C=O) groups is 1. The van der Waals surface area contributed by atoms with Gasteiger partial charge in [-0.25, -0.2) is 14.1 Å². The SMILES string of the molecule is O=C(c1nccs1)[C@@]12CNCCC1=Cc1c(cnn1-c1ccc(F)cc1)C2. The number of nitrogens with zero attached hydrogens (tertiary/aromatic N) is 3. The summed E-state index contributed by atoms with van der Waals surface area (Å²) in [5.41, 5.74) is 3.33. The van der Waals surface area contributed by atoms with E-state index in [2.05, 4.69) is 21.5 Å². The summed E-state index contributed by atoms with van der Waals surface area (Å²) in [6.07, 6.45) is 7.00. The number of halogens is 1. The molecule has 0 saturated carbocycles. The van der Waals surface area contributed by atoms with Gasteiger partial charge in [-0.05, 0) is 55.3 Å². The van der Waals surface area contributed by atoms with Crippen LogP contribution in [0, 0.1) is 11.2 Å². The zero-order chi connectivity index (χ0) is 18.4. The predicted octanol–water partition coefficient (Wildman–Crippen LogP) is 3.27. The number of ketones is 1. The van der Waals surface area contributed by atoms with Gasteiger partial charge in [-0.15, -0.1) is 11.3 Å². The van der Waals surface area contributed by atoms with E-state index in [9.17, 15) is 9.18 Å². The van der Waals surface area contributed by atoms with Gasteiger partial charge in [0.1, 0.15) is 5.82 Å². The van der Waals surface area contributed by atoms with Crippen molar-refractivity contribution in [3.8, 4) is 5.69 Å². The fourth-order valence-electron chi connectivity index (χ4n) is 4.07. The Morgan fingerprint density at radius 3 is 2.93 bits per heavy atom. The van der Waals surface area contributed by atoms with E-state index in [1.54, 1.807) is 18.3 Å². The smallest absolute Gasteiger partial charge is 0.203 e. The summed E-state index contributed by atoms with van der Waals surface area (Å²) >= 11 is 1.39. The lowest BCUT2D eigenvalue weighted by molar-refractivity contribution is 0.0817. The van der Waals surface area contributed by atoms with E-state index < -0.39 is 5.41 Å². The summed E-state index contributed by atoms with van der Waals surface area (Å²) in [6, 6.07) is 6.29. The minimum atomic E-state index is -0.597. The van der Waals surface area contributed by atoms with Crippen LogP contribution < -0.4 is 5.32 Å². The molecule has 5 nitrogen and oxygen atoms in total. The maximum absolute atomic E-state index is 13.3. The minimum absolute atomic E-state index is 0.0798. The number of fused-ring (bicyclic) bond motifs is 2. The number of hydrogen-bond donors (Lipinski definition) is 1. The molecule has 1 aliphatic heterocycles. The molecule has 3 heterocycles. The van der Waals surface area contributed by atoms with Crippen molar-refractivity contribution in [3.05, 3.63) is 69.7 Å². The first-order valence-corrected chi connectivity index (χ1v) is 9.74. The van der Waals surface area contributed by atoms with Gasteiger partial charge in [-0.2, -0.15) is 5.10 Å². The molecule has 0 radical (unpaired) electrons. The van der Waals surface area contributed by atoms with E-state index in [4.69, 9.17) is 0 Å². The van der Waals surface area contributed by atoms with Gasteiger partial charge >= 0.3 is 0 Å². The van der Waals surface area contributed by atoms with Crippen molar-refractivity contribution in [1.29, 1.82) is 0 Å². The van der Waals surface area contributed by atoms with Crippen LogP contribution in [-0.4, -0.2) is 33.6 Å².